The molecule has 2 aliphatic rings. The van der Waals surface area contributed by atoms with E-state index >= 15 is 0 Å². The van der Waals surface area contributed by atoms with Gasteiger partial charge >= 0.3 is 0 Å². The van der Waals surface area contributed by atoms with Gasteiger partial charge in [-0.05, 0) is 32.2 Å². The van der Waals surface area contributed by atoms with Crippen molar-refractivity contribution in [1.82, 2.24) is 15.5 Å². The van der Waals surface area contributed by atoms with Crippen molar-refractivity contribution in [3.63, 3.8) is 0 Å². The summed E-state index contributed by atoms with van der Waals surface area (Å²) in [5.41, 5.74) is 0.511. The number of rotatable bonds is 2. The highest BCUT2D eigenvalue weighted by Crippen LogP contribution is 2.26. The van der Waals surface area contributed by atoms with Gasteiger partial charge in [-0.3, -0.25) is 4.90 Å². The minimum atomic E-state index is 0. The van der Waals surface area contributed by atoms with Gasteiger partial charge in [0, 0.05) is 38.3 Å². The van der Waals surface area contributed by atoms with Crippen molar-refractivity contribution in [3.8, 4) is 0 Å². The van der Waals surface area contributed by atoms with Crippen molar-refractivity contribution >= 4 is 24.8 Å². The molecule has 2 N–H and O–H groups in total. The third-order valence-electron chi connectivity index (χ3n) is 3.70. The van der Waals surface area contributed by atoms with E-state index in [1.54, 1.807) is 0 Å². The van der Waals surface area contributed by atoms with Gasteiger partial charge in [-0.25, -0.2) is 0 Å². The smallest absolute Gasteiger partial charge is 0.0169 e. The van der Waals surface area contributed by atoms with E-state index in [4.69, 9.17) is 0 Å². The summed E-state index contributed by atoms with van der Waals surface area (Å²) in [5, 5.41) is 7.07. The molecule has 3 nitrogen and oxygen atoms in total. The van der Waals surface area contributed by atoms with E-state index in [-0.39, 0.29) is 24.8 Å². The molecular formula is C12H27Cl2N3. The van der Waals surface area contributed by atoms with Gasteiger partial charge in [-0.1, -0.05) is 6.92 Å². The first-order chi connectivity index (χ1) is 7.07. The largest absolute Gasteiger partial charge is 0.316 e. The first-order valence-electron chi connectivity index (χ1n) is 6.26. The van der Waals surface area contributed by atoms with E-state index < -0.39 is 0 Å². The monoisotopic (exact) mass is 283 g/mol. The Bertz CT molecular complexity index is 210. The van der Waals surface area contributed by atoms with E-state index in [0.29, 0.717) is 17.5 Å². The van der Waals surface area contributed by atoms with Crippen LogP contribution in [0.15, 0.2) is 0 Å². The summed E-state index contributed by atoms with van der Waals surface area (Å²) in [5.74, 6) is 0. The molecule has 0 radical (unpaired) electrons. The molecule has 3 unspecified atom stereocenters. The fourth-order valence-corrected chi connectivity index (χ4v) is 3.11. The summed E-state index contributed by atoms with van der Waals surface area (Å²) < 4.78 is 0. The van der Waals surface area contributed by atoms with Crippen LogP contribution >= 0.6 is 24.8 Å². The Morgan fingerprint density at radius 2 is 1.76 bits per heavy atom. The van der Waals surface area contributed by atoms with Crippen LogP contribution in [0.1, 0.15) is 27.2 Å². The molecule has 17 heavy (non-hydrogen) atoms. The van der Waals surface area contributed by atoms with E-state index in [2.05, 4.69) is 36.3 Å². The maximum atomic E-state index is 3.59. The van der Waals surface area contributed by atoms with Crippen molar-refractivity contribution in [2.45, 2.75) is 39.3 Å². The summed E-state index contributed by atoms with van der Waals surface area (Å²) in [7, 11) is 0. The van der Waals surface area contributed by atoms with Crippen molar-refractivity contribution in [2.24, 2.45) is 5.41 Å². The van der Waals surface area contributed by atoms with E-state index in [0.717, 1.165) is 0 Å². The van der Waals surface area contributed by atoms with Crippen LogP contribution < -0.4 is 10.6 Å². The second kappa shape index (κ2) is 7.15. The highest BCUT2D eigenvalue weighted by atomic mass is 35.5. The number of nitrogens with zero attached hydrogens (tertiary/aromatic N) is 1. The molecule has 0 aliphatic carbocycles. The summed E-state index contributed by atoms with van der Waals surface area (Å²) in [6.45, 7) is 13.1. The van der Waals surface area contributed by atoms with Gasteiger partial charge in [-0.15, -0.1) is 24.8 Å². The Labute approximate surface area is 118 Å². The van der Waals surface area contributed by atoms with Crippen LogP contribution in [0.5, 0.6) is 0 Å². The van der Waals surface area contributed by atoms with Crippen LogP contribution in [-0.4, -0.2) is 49.7 Å². The van der Waals surface area contributed by atoms with Gasteiger partial charge in [0.05, 0.1) is 0 Å². The molecule has 0 saturated carbocycles. The number of halogens is 2. The van der Waals surface area contributed by atoms with Gasteiger partial charge in [0.2, 0.25) is 0 Å². The van der Waals surface area contributed by atoms with Gasteiger partial charge < -0.3 is 10.6 Å². The molecule has 0 amide bonds. The van der Waals surface area contributed by atoms with E-state index in [1.807, 2.05) is 0 Å². The molecule has 0 bridgehead atoms. The quantitative estimate of drug-likeness (QED) is 0.805. The Balaban J connectivity index is 0.00000128. The molecular weight excluding hydrogens is 257 g/mol. The van der Waals surface area contributed by atoms with Crippen LogP contribution in [0.3, 0.4) is 0 Å². The molecule has 2 heterocycles. The Morgan fingerprint density at radius 1 is 1.18 bits per heavy atom. The molecule has 2 rings (SSSR count). The van der Waals surface area contributed by atoms with Gasteiger partial charge in [0.1, 0.15) is 0 Å². The first kappa shape index (κ1) is 17.5. The molecule has 0 aromatic rings. The lowest BCUT2D eigenvalue weighted by atomic mass is 9.88. The van der Waals surface area contributed by atoms with E-state index in [9.17, 15) is 0 Å². The van der Waals surface area contributed by atoms with E-state index in [1.165, 1.54) is 39.1 Å². The number of nitrogens with one attached hydrogen (secondary N) is 2. The minimum Gasteiger partial charge on any atom is -0.316 e. The maximum Gasteiger partial charge on any atom is 0.0169 e. The van der Waals surface area contributed by atoms with Crippen LogP contribution in [0, 0.1) is 5.41 Å². The third-order valence-corrected chi connectivity index (χ3v) is 3.70. The lowest BCUT2D eigenvalue weighted by Gasteiger charge is -2.40. The van der Waals surface area contributed by atoms with Crippen LogP contribution in [-0.2, 0) is 0 Å². The molecule has 2 saturated heterocycles. The first-order valence-corrected chi connectivity index (χ1v) is 6.26. The van der Waals surface area contributed by atoms with Crippen LogP contribution in [0.4, 0.5) is 0 Å². The van der Waals surface area contributed by atoms with Crippen molar-refractivity contribution < 1.29 is 0 Å². The lowest BCUT2D eigenvalue weighted by molar-refractivity contribution is 0.120. The van der Waals surface area contributed by atoms with Gasteiger partial charge in [0.25, 0.3) is 0 Å². The Hall–Kier alpha value is 0.460. The lowest BCUT2D eigenvalue weighted by Crippen LogP contribution is -2.56. The molecule has 3 atom stereocenters. The number of hydrogen-bond acceptors (Lipinski definition) is 3. The van der Waals surface area contributed by atoms with Crippen molar-refractivity contribution in [3.05, 3.63) is 0 Å². The highest BCUT2D eigenvalue weighted by Gasteiger charge is 2.32. The minimum absolute atomic E-state index is 0. The standard InChI is InChI=1S/C12H25N3.2ClH/c1-10-6-15(7-11(2)14-10)9-12(3)4-5-13-8-12;;/h10-11,13-14H,4-9H2,1-3H3;2*1H. The average molecular weight is 284 g/mol. The summed E-state index contributed by atoms with van der Waals surface area (Å²) in [4.78, 5) is 2.64. The van der Waals surface area contributed by atoms with Crippen LogP contribution in [0.2, 0.25) is 0 Å². The molecule has 104 valence electrons. The molecule has 0 spiro atoms. The van der Waals surface area contributed by atoms with Gasteiger partial charge in [-0.2, -0.15) is 0 Å². The summed E-state index contributed by atoms with van der Waals surface area (Å²) in [6.07, 6.45) is 1.33. The zero-order chi connectivity index (χ0) is 10.9. The predicted molar refractivity (Wildman–Crippen MR) is 78.6 cm³/mol. The fraction of sp³-hybridized carbons (Fsp3) is 1.00. The number of piperazine rings is 1. The Kier molecular flexibility index (Phi) is 7.34. The highest BCUT2D eigenvalue weighted by molar-refractivity contribution is 5.85. The second-order valence-electron chi connectivity index (χ2n) is 5.90. The molecule has 2 aliphatic heterocycles. The maximum absolute atomic E-state index is 3.59. The summed E-state index contributed by atoms with van der Waals surface area (Å²) in [6, 6.07) is 1.29. The van der Waals surface area contributed by atoms with Gasteiger partial charge in [0.15, 0.2) is 0 Å². The van der Waals surface area contributed by atoms with Crippen LogP contribution in [0.25, 0.3) is 0 Å². The molecule has 0 aromatic heterocycles. The summed E-state index contributed by atoms with van der Waals surface area (Å²) >= 11 is 0. The zero-order valence-electron chi connectivity index (χ0n) is 11.2. The zero-order valence-corrected chi connectivity index (χ0v) is 12.8. The normalized spacial score (nSPS) is 38.3. The predicted octanol–water partition coefficient (Wildman–Crippen LogP) is 1.51. The van der Waals surface area contributed by atoms with Crippen molar-refractivity contribution in [1.29, 1.82) is 0 Å². The SMILES string of the molecule is CC1CN(CC2(C)CCNC2)CC(C)N1.Cl.Cl. The Morgan fingerprint density at radius 3 is 2.24 bits per heavy atom. The number of hydrogen-bond donors (Lipinski definition) is 2. The molecule has 2 fully saturated rings. The average Bonchev–Trinajstić information content (AvgIpc) is 2.49. The molecule has 5 heteroatoms. The van der Waals surface area contributed by atoms with Crippen molar-refractivity contribution in [2.75, 3.05) is 32.7 Å². The second-order valence-corrected chi connectivity index (χ2v) is 5.90. The third kappa shape index (κ3) is 4.92. The fourth-order valence-electron chi connectivity index (χ4n) is 3.11. The topological polar surface area (TPSA) is 27.3 Å². The molecule has 0 aromatic carbocycles.